The summed E-state index contributed by atoms with van der Waals surface area (Å²) in [6.07, 6.45) is 1.00. The van der Waals surface area contributed by atoms with E-state index in [2.05, 4.69) is 10.3 Å². The molecule has 0 spiro atoms. The van der Waals surface area contributed by atoms with Crippen LogP contribution in [0.1, 0.15) is 18.2 Å². The zero-order valence-electron chi connectivity index (χ0n) is 17.8. The first-order chi connectivity index (χ1) is 15.5. The average molecular weight is 429 g/mol. The van der Waals surface area contributed by atoms with Crippen LogP contribution < -0.4 is 20.3 Å². The van der Waals surface area contributed by atoms with Gasteiger partial charge in [-0.3, -0.25) is 14.0 Å². The van der Waals surface area contributed by atoms with Crippen LogP contribution in [0.4, 0.5) is 5.69 Å². The van der Waals surface area contributed by atoms with E-state index in [1.165, 1.54) is 10.5 Å². The summed E-state index contributed by atoms with van der Waals surface area (Å²) in [7, 11) is 0. The van der Waals surface area contributed by atoms with Gasteiger partial charge in [0.15, 0.2) is 6.10 Å². The fourth-order valence-electron chi connectivity index (χ4n) is 3.17. The molecule has 2 heterocycles. The zero-order chi connectivity index (χ0) is 22.5. The molecule has 1 amide bonds. The number of carbonyl (C=O) groups is 1. The van der Waals surface area contributed by atoms with E-state index in [0.717, 1.165) is 5.56 Å². The number of para-hydroxylation sites is 3. The standard InChI is InChI=1S/C25H23N3O4/c1-17-12-13-28-23(14-17)26-19(15-24(28)29)16-31-22-11-7-6-10-21(22)27-25(30)18(2)32-20-8-4-3-5-9-20/h3-15,18H,16H2,1-2H3,(H,27,30)/t18-/m0/s1. The molecule has 4 aromatic rings. The number of amides is 1. The molecule has 0 saturated heterocycles. The van der Waals surface area contributed by atoms with Gasteiger partial charge in [0.05, 0.1) is 11.4 Å². The molecule has 1 N–H and O–H groups in total. The Morgan fingerprint density at radius 1 is 1.06 bits per heavy atom. The van der Waals surface area contributed by atoms with Gasteiger partial charge in [-0.05, 0) is 55.8 Å². The normalized spacial score (nSPS) is 11.7. The Hall–Kier alpha value is -4.13. The van der Waals surface area contributed by atoms with Crippen molar-refractivity contribution in [2.24, 2.45) is 0 Å². The number of rotatable bonds is 7. The van der Waals surface area contributed by atoms with Gasteiger partial charge in [0.2, 0.25) is 0 Å². The van der Waals surface area contributed by atoms with Crippen molar-refractivity contribution >= 4 is 17.2 Å². The number of nitrogens with one attached hydrogen (secondary N) is 1. The topological polar surface area (TPSA) is 81.9 Å². The zero-order valence-corrected chi connectivity index (χ0v) is 17.8. The highest BCUT2D eigenvalue weighted by Gasteiger charge is 2.17. The van der Waals surface area contributed by atoms with Crippen molar-refractivity contribution in [3.05, 3.63) is 101 Å². The summed E-state index contributed by atoms with van der Waals surface area (Å²) >= 11 is 0. The Kier molecular flexibility index (Phi) is 6.17. The number of carbonyl (C=O) groups excluding carboxylic acids is 1. The number of hydrogen-bond donors (Lipinski definition) is 1. The molecule has 7 nitrogen and oxygen atoms in total. The highest BCUT2D eigenvalue weighted by Crippen LogP contribution is 2.25. The van der Waals surface area contributed by atoms with Gasteiger partial charge in [-0.25, -0.2) is 4.98 Å². The molecule has 0 aliphatic heterocycles. The van der Waals surface area contributed by atoms with E-state index in [0.29, 0.717) is 28.5 Å². The fraction of sp³-hybridized carbons (Fsp3) is 0.160. The minimum Gasteiger partial charge on any atom is -0.485 e. The Morgan fingerprint density at radius 2 is 1.81 bits per heavy atom. The Bertz CT molecular complexity index is 1300. The largest absolute Gasteiger partial charge is 0.485 e. The lowest BCUT2D eigenvalue weighted by atomic mass is 10.2. The van der Waals surface area contributed by atoms with Gasteiger partial charge in [0.25, 0.3) is 11.5 Å². The third-order valence-corrected chi connectivity index (χ3v) is 4.82. The summed E-state index contributed by atoms with van der Waals surface area (Å²) in [6.45, 7) is 3.71. The number of aromatic nitrogens is 2. The van der Waals surface area contributed by atoms with E-state index in [-0.39, 0.29) is 18.1 Å². The molecule has 2 aromatic heterocycles. The Morgan fingerprint density at radius 3 is 2.62 bits per heavy atom. The van der Waals surface area contributed by atoms with Crippen LogP contribution >= 0.6 is 0 Å². The number of anilines is 1. The average Bonchev–Trinajstić information content (AvgIpc) is 2.79. The molecular weight excluding hydrogens is 406 g/mol. The number of fused-ring (bicyclic) bond motifs is 1. The minimum atomic E-state index is -0.698. The van der Waals surface area contributed by atoms with E-state index in [9.17, 15) is 9.59 Å². The lowest BCUT2D eigenvalue weighted by molar-refractivity contribution is -0.122. The fourth-order valence-corrected chi connectivity index (χ4v) is 3.17. The quantitative estimate of drug-likeness (QED) is 0.480. The van der Waals surface area contributed by atoms with Crippen LogP contribution in [-0.4, -0.2) is 21.4 Å². The minimum absolute atomic E-state index is 0.0859. The van der Waals surface area contributed by atoms with Gasteiger partial charge in [0, 0.05) is 12.3 Å². The Balaban J connectivity index is 1.46. The van der Waals surface area contributed by atoms with Crippen molar-refractivity contribution in [3.8, 4) is 11.5 Å². The molecule has 0 aliphatic carbocycles. The maximum Gasteiger partial charge on any atom is 0.265 e. The first-order valence-corrected chi connectivity index (χ1v) is 10.2. The maximum atomic E-state index is 12.6. The molecule has 2 aromatic carbocycles. The SMILES string of the molecule is Cc1ccn2c(=O)cc(COc3ccccc3NC(=O)[C@H](C)Oc3ccccc3)nc2c1. The number of pyridine rings is 1. The van der Waals surface area contributed by atoms with E-state index >= 15 is 0 Å². The third kappa shape index (κ3) is 4.95. The maximum absolute atomic E-state index is 12.6. The van der Waals surface area contributed by atoms with Crippen molar-refractivity contribution < 1.29 is 14.3 Å². The van der Waals surface area contributed by atoms with Crippen molar-refractivity contribution in [3.63, 3.8) is 0 Å². The van der Waals surface area contributed by atoms with Crippen LogP contribution in [-0.2, 0) is 11.4 Å². The van der Waals surface area contributed by atoms with Gasteiger partial charge in [0.1, 0.15) is 23.8 Å². The molecule has 0 saturated carbocycles. The number of nitrogens with zero attached hydrogens (tertiary/aromatic N) is 2. The molecule has 0 fully saturated rings. The lowest BCUT2D eigenvalue weighted by Gasteiger charge is -2.16. The van der Waals surface area contributed by atoms with E-state index in [1.807, 2.05) is 37.3 Å². The smallest absolute Gasteiger partial charge is 0.265 e. The lowest BCUT2D eigenvalue weighted by Crippen LogP contribution is -2.30. The predicted octanol–water partition coefficient (Wildman–Crippen LogP) is 3.99. The second-order valence-corrected chi connectivity index (χ2v) is 7.37. The van der Waals surface area contributed by atoms with E-state index in [4.69, 9.17) is 9.47 Å². The summed E-state index contributed by atoms with van der Waals surface area (Å²) < 4.78 is 13.1. The summed E-state index contributed by atoms with van der Waals surface area (Å²) in [5.74, 6) is 0.782. The molecule has 0 aliphatic rings. The van der Waals surface area contributed by atoms with Crippen LogP contribution in [0.3, 0.4) is 0 Å². The summed E-state index contributed by atoms with van der Waals surface area (Å²) in [6, 6.07) is 21.4. The van der Waals surface area contributed by atoms with Gasteiger partial charge in [-0.15, -0.1) is 0 Å². The van der Waals surface area contributed by atoms with Gasteiger partial charge in [-0.1, -0.05) is 30.3 Å². The van der Waals surface area contributed by atoms with Gasteiger partial charge >= 0.3 is 0 Å². The monoisotopic (exact) mass is 429 g/mol. The third-order valence-electron chi connectivity index (χ3n) is 4.82. The molecule has 0 bridgehead atoms. The summed E-state index contributed by atoms with van der Waals surface area (Å²) in [5.41, 5.74) is 2.40. The molecule has 32 heavy (non-hydrogen) atoms. The van der Waals surface area contributed by atoms with Crippen LogP contribution in [0, 0.1) is 6.92 Å². The molecule has 0 radical (unpaired) electrons. The summed E-state index contributed by atoms with van der Waals surface area (Å²) in [5, 5.41) is 2.84. The summed E-state index contributed by atoms with van der Waals surface area (Å²) in [4.78, 5) is 29.5. The highest BCUT2D eigenvalue weighted by atomic mass is 16.5. The van der Waals surface area contributed by atoms with Crippen molar-refractivity contribution in [1.29, 1.82) is 0 Å². The highest BCUT2D eigenvalue weighted by molar-refractivity contribution is 5.95. The molecule has 7 heteroatoms. The second-order valence-electron chi connectivity index (χ2n) is 7.37. The molecule has 162 valence electrons. The van der Waals surface area contributed by atoms with Crippen LogP contribution in [0.5, 0.6) is 11.5 Å². The molecule has 0 unspecified atom stereocenters. The van der Waals surface area contributed by atoms with Crippen LogP contribution in [0.2, 0.25) is 0 Å². The van der Waals surface area contributed by atoms with E-state index < -0.39 is 6.10 Å². The molecular formula is C25H23N3O4. The van der Waals surface area contributed by atoms with Crippen molar-refractivity contribution in [2.45, 2.75) is 26.6 Å². The number of aryl methyl sites for hydroxylation is 1. The van der Waals surface area contributed by atoms with Gasteiger partial charge < -0.3 is 14.8 Å². The molecule has 4 rings (SSSR count). The van der Waals surface area contributed by atoms with Crippen molar-refractivity contribution in [1.82, 2.24) is 9.38 Å². The van der Waals surface area contributed by atoms with Gasteiger partial charge in [-0.2, -0.15) is 0 Å². The van der Waals surface area contributed by atoms with E-state index in [1.54, 1.807) is 49.5 Å². The first-order valence-electron chi connectivity index (χ1n) is 10.2. The van der Waals surface area contributed by atoms with Crippen molar-refractivity contribution in [2.75, 3.05) is 5.32 Å². The van der Waals surface area contributed by atoms with Crippen LogP contribution in [0.15, 0.2) is 83.8 Å². The van der Waals surface area contributed by atoms with Crippen LogP contribution in [0.25, 0.3) is 5.65 Å². The number of hydrogen-bond acceptors (Lipinski definition) is 5. The predicted molar refractivity (Wildman–Crippen MR) is 122 cm³/mol. The second kappa shape index (κ2) is 9.34. The number of ether oxygens (including phenoxy) is 2. The first kappa shape index (κ1) is 21.1. The Labute approximate surface area is 185 Å². The number of benzene rings is 2. The molecule has 1 atom stereocenters.